The van der Waals surface area contributed by atoms with Gasteiger partial charge in [0, 0.05) is 45.7 Å². The summed E-state index contributed by atoms with van der Waals surface area (Å²) < 4.78 is 0. The molecule has 2 heterocycles. The van der Waals surface area contributed by atoms with Crippen LogP contribution in [0.4, 0.5) is 0 Å². The largest absolute Gasteiger partial charge is 0.356 e. The van der Waals surface area contributed by atoms with E-state index in [1.54, 1.807) is 7.05 Å². The van der Waals surface area contributed by atoms with Gasteiger partial charge in [0.05, 0.1) is 0 Å². The topological polar surface area (TPSA) is 60.0 Å². The lowest BCUT2D eigenvalue weighted by Crippen LogP contribution is -2.44. The zero-order chi connectivity index (χ0) is 21.2. The van der Waals surface area contributed by atoms with Crippen LogP contribution in [0.1, 0.15) is 63.0 Å². The summed E-state index contributed by atoms with van der Waals surface area (Å²) >= 11 is 0. The van der Waals surface area contributed by atoms with Gasteiger partial charge in [0.15, 0.2) is 5.96 Å². The maximum atomic E-state index is 12.5. The van der Waals surface area contributed by atoms with Crippen LogP contribution in [0.15, 0.2) is 29.3 Å². The van der Waals surface area contributed by atoms with Crippen molar-refractivity contribution in [2.24, 2.45) is 4.99 Å². The summed E-state index contributed by atoms with van der Waals surface area (Å²) in [4.78, 5) is 21.3. The van der Waals surface area contributed by atoms with Gasteiger partial charge in [0.25, 0.3) is 0 Å². The average molecular weight is 542 g/mol. The van der Waals surface area contributed by atoms with Crippen molar-refractivity contribution in [2.45, 2.75) is 71.0 Å². The molecule has 1 aromatic carbocycles. The first-order chi connectivity index (χ1) is 14.7. The van der Waals surface area contributed by atoms with Gasteiger partial charge in [-0.05, 0) is 63.2 Å². The maximum absolute atomic E-state index is 12.5. The van der Waals surface area contributed by atoms with Gasteiger partial charge in [0.2, 0.25) is 5.91 Å². The standard InChI is InChI=1S/C24H39N5O.HI/c1-20-8-4-7-17-29(20)23(30)13-14-26-24(25-2)27-18-21-9-11-22(12-10-21)19-28-15-5-3-6-16-28;/h9-12,20H,3-8,13-19H2,1-2H3,(H2,25,26,27);1H. The van der Waals surface area contributed by atoms with E-state index in [-0.39, 0.29) is 29.9 Å². The Morgan fingerprint density at radius 2 is 1.68 bits per heavy atom. The molecule has 0 spiro atoms. The van der Waals surface area contributed by atoms with Crippen LogP contribution in [0.2, 0.25) is 0 Å². The Hall–Kier alpha value is -1.35. The van der Waals surface area contributed by atoms with Gasteiger partial charge >= 0.3 is 0 Å². The number of piperidine rings is 2. The van der Waals surface area contributed by atoms with Crippen molar-refractivity contribution in [1.29, 1.82) is 0 Å². The van der Waals surface area contributed by atoms with Gasteiger partial charge in [0.1, 0.15) is 0 Å². The van der Waals surface area contributed by atoms with Crippen molar-refractivity contribution in [2.75, 3.05) is 33.2 Å². The van der Waals surface area contributed by atoms with E-state index in [4.69, 9.17) is 0 Å². The van der Waals surface area contributed by atoms with Gasteiger partial charge in [-0.2, -0.15) is 0 Å². The third-order valence-electron chi connectivity index (χ3n) is 6.32. The molecule has 174 valence electrons. The van der Waals surface area contributed by atoms with Crippen molar-refractivity contribution < 1.29 is 4.79 Å². The summed E-state index contributed by atoms with van der Waals surface area (Å²) in [6.07, 6.45) is 8.04. The highest BCUT2D eigenvalue weighted by Crippen LogP contribution is 2.17. The number of amides is 1. The number of rotatable bonds is 7. The van der Waals surface area contributed by atoms with E-state index in [0.717, 1.165) is 38.4 Å². The monoisotopic (exact) mass is 541 g/mol. The van der Waals surface area contributed by atoms with Gasteiger partial charge in [-0.25, -0.2) is 0 Å². The van der Waals surface area contributed by atoms with Gasteiger partial charge in [-0.1, -0.05) is 30.7 Å². The lowest BCUT2D eigenvalue weighted by atomic mass is 10.0. The molecule has 2 fully saturated rings. The Kier molecular flexibility index (Phi) is 11.6. The number of aliphatic imine (C=N–C) groups is 1. The lowest BCUT2D eigenvalue weighted by Gasteiger charge is -2.33. The van der Waals surface area contributed by atoms with E-state index in [0.29, 0.717) is 19.0 Å². The lowest BCUT2D eigenvalue weighted by molar-refractivity contribution is -0.134. The normalized spacial score (nSPS) is 20.1. The molecular weight excluding hydrogens is 501 g/mol. The highest BCUT2D eigenvalue weighted by Gasteiger charge is 2.22. The molecule has 31 heavy (non-hydrogen) atoms. The van der Waals surface area contributed by atoms with Gasteiger partial charge in [-0.3, -0.25) is 14.7 Å². The number of likely N-dealkylation sites (tertiary alicyclic amines) is 2. The molecule has 0 radical (unpaired) electrons. The van der Waals surface area contributed by atoms with Crippen LogP contribution < -0.4 is 10.6 Å². The number of hydrogen-bond donors (Lipinski definition) is 2. The number of hydrogen-bond acceptors (Lipinski definition) is 3. The van der Waals surface area contributed by atoms with E-state index < -0.39 is 0 Å². The fraction of sp³-hybridized carbons (Fsp3) is 0.667. The number of benzene rings is 1. The van der Waals surface area contributed by atoms with E-state index in [2.05, 4.69) is 51.7 Å². The van der Waals surface area contributed by atoms with E-state index in [1.807, 2.05) is 4.90 Å². The Bertz CT molecular complexity index is 688. The quantitative estimate of drug-likeness (QED) is 0.314. The van der Waals surface area contributed by atoms with Crippen molar-refractivity contribution in [3.05, 3.63) is 35.4 Å². The molecule has 6 nitrogen and oxygen atoms in total. The third kappa shape index (κ3) is 8.60. The molecule has 2 aliphatic heterocycles. The molecule has 7 heteroatoms. The van der Waals surface area contributed by atoms with Crippen molar-refractivity contribution >= 4 is 35.8 Å². The fourth-order valence-corrected chi connectivity index (χ4v) is 4.44. The zero-order valence-corrected chi connectivity index (χ0v) is 21.6. The van der Waals surface area contributed by atoms with Crippen molar-refractivity contribution in [1.82, 2.24) is 20.4 Å². The summed E-state index contributed by atoms with van der Waals surface area (Å²) in [5.74, 6) is 0.987. The Morgan fingerprint density at radius 3 is 2.35 bits per heavy atom. The van der Waals surface area contributed by atoms with E-state index >= 15 is 0 Å². The summed E-state index contributed by atoms with van der Waals surface area (Å²) in [6, 6.07) is 9.24. The molecule has 1 unspecified atom stereocenters. The highest BCUT2D eigenvalue weighted by atomic mass is 127. The number of guanidine groups is 1. The number of carbonyl (C=O) groups excluding carboxylic acids is 1. The minimum atomic E-state index is 0. The number of carbonyl (C=O) groups is 1. The third-order valence-corrected chi connectivity index (χ3v) is 6.32. The molecular formula is C24H40IN5O. The second kappa shape index (κ2) is 13.9. The molecule has 3 rings (SSSR count). The van der Waals surface area contributed by atoms with Crippen LogP contribution in [0.5, 0.6) is 0 Å². The van der Waals surface area contributed by atoms with Crippen molar-refractivity contribution in [3.8, 4) is 0 Å². The molecule has 1 amide bonds. The van der Waals surface area contributed by atoms with Crippen LogP contribution in [-0.2, 0) is 17.9 Å². The van der Waals surface area contributed by atoms with E-state index in [9.17, 15) is 4.79 Å². The minimum absolute atomic E-state index is 0. The van der Waals surface area contributed by atoms with Crippen LogP contribution in [0, 0.1) is 0 Å². The first kappa shape index (κ1) is 25.9. The molecule has 1 aromatic rings. The molecule has 0 saturated carbocycles. The SMILES string of the molecule is CN=C(NCCC(=O)N1CCCCC1C)NCc1ccc(CN2CCCCC2)cc1.I. The average Bonchev–Trinajstić information content (AvgIpc) is 2.78. The highest BCUT2D eigenvalue weighted by molar-refractivity contribution is 14.0. The molecule has 0 aliphatic carbocycles. The molecule has 2 saturated heterocycles. The maximum Gasteiger partial charge on any atom is 0.224 e. The van der Waals surface area contributed by atoms with Crippen LogP contribution in [-0.4, -0.2) is 60.9 Å². The Balaban J connectivity index is 0.00000341. The molecule has 2 aliphatic rings. The van der Waals surface area contributed by atoms with Gasteiger partial charge < -0.3 is 15.5 Å². The number of nitrogens with zero attached hydrogens (tertiary/aromatic N) is 3. The van der Waals surface area contributed by atoms with Crippen LogP contribution in [0.25, 0.3) is 0 Å². The summed E-state index contributed by atoms with van der Waals surface area (Å²) in [7, 11) is 1.77. The number of halogens is 1. The number of nitrogens with one attached hydrogen (secondary N) is 2. The van der Waals surface area contributed by atoms with Gasteiger partial charge in [-0.15, -0.1) is 24.0 Å². The van der Waals surface area contributed by atoms with Crippen molar-refractivity contribution in [3.63, 3.8) is 0 Å². The Labute approximate surface area is 205 Å². The Morgan fingerprint density at radius 1 is 1.00 bits per heavy atom. The second-order valence-electron chi connectivity index (χ2n) is 8.69. The molecule has 0 aromatic heterocycles. The second-order valence-corrected chi connectivity index (χ2v) is 8.69. The van der Waals surface area contributed by atoms with Crippen LogP contribution in [0.3, 0.4) is 0 Å². The molecule has 1 atom stereocenters. The van der Waals surface area contributed by atoms with E-state index in [1.165, 1.54) is 49.9 Å². The first-order valence-electron chi connectivity index (χ1n) is 11.7. The fourth-order valence-electron chi connectivity index (χ4n) is 4.44. The molecule has 0 bridgehead atoms. The summed E-state index contributed by atoms with van der Waals surface area (Å²) in [5, 5.41) is 6.63. The summed E-state index contributed by atoms with van der Waals surface area (Å²) in [6.45, 7) is 7.90. The zero-order valence-electron chi connectivity index (χ0n) is 19.2. The summed E-state index contributed by atoms with van der Waals surface area (Å²) in [5.41, 5.74) is 2.62. The smallest absolute Gasteiger partial charge is 0.224 e. The van der Waals surface area contributed by atoms with Crippen LogP contribution >= 0.6 is 24.0 Å². The predicted molar refractivity (Wildman–Crippen MR) is 139 cm³/mol. The minimum Gasteiger partial charge on any atom is -0.356 e. The molecule has 2 N–H and O–H groups in total. The predicted octanol–water partition coefficient (Wildman–Crippen LogP) is 3.75. The first-order valence-corrected chi connectivity index (χ1v) is 11.7.